The highest BCUT2D eigenvalue weighted by molar-refractivity contribution is 7.99. The number of nitrogens with zero attached hydrogens (tertiary/aromatic N) is 1. The van der Waals surface area contributed by atoms with Crippen molar-refractivity contribution in [2.24, 2.45) is 0 Å². The largest absolute Gasteiger partial charge is 0.395 e. The molecular weight excluding hydrogens is 234 g/mol. The summed E-state index contributed by atoms with van der Waals surface area (Å²) in [6.45, 7) is 2.49. The molecule has 0 aliphatic rings. The van der Waals surface area contributed by atoms with Crippen LogP contribution in [0.15, 0.2) is 24.3 Å². The molecule has 1 amide bonds. The topological polar surface area (TPSA) is 40.5 Å². The summed E-state index contributed by atoms with van der Waals surface area (Å²) >= 11 is 1.60. The molecule has 1 aromatic carbocycles. The highest BCUT2D eigenvalue weighted by atomic mass is 32.2. The Bertz CT molecular complexity index is 351. The lowest BCUT2D eigenvalue weighted by Gasteiger charge is -2.15. The predicted octanol–water partition coefficient (Wildman–Crippen LogP) is 1.68. The Labute approximate surface area is 107 Å². The Kier molecular flexibility index (Phi) is 6.08. The maximum Gasteiger partial charge on any atom is 0.232 e. The van der Waals surface area contributed by atoms with Gasteiger partial charge in [0.05, 0.1) is 12.4 Å². The first kappa shape index (κ1) is 14.1. The maximum atomic E-state index is 11.6. The van der Waals surface area contributed by atoms with Crippen LogP contribution in [0.1, 0.15) is 11.1 Å². The number of amides is 1. The van der Waals surface area contributed by atoms with Crippen LogP contribution in [0.25, 0.3) is 0 Å². The van der Waals surface area contributed by atoms with Crippen LogP contribution in [0.2, 0.25) is 0 Å². The number of carbonyl (C=O) groups excluding carboxylic acids is 1. The number of benzene rings is 1. The highest BCUT2D eigenvalue weighted by Crippen LogP contribution is 2.13. The summed E-state index contributed by atoms with van der Waals surface area (Å²) in [7, 11) is 1.71. The van der Waals surface area contributed by atoms with Gasteiger partial charge in [0.15, 0.2) is 0 Å². The zero-order chi connectivity index (χ0) is 12.7. The summed E-state index contributed by atoms with van der Waals surface area (Å²) in [4.78, 5) is 13.1. The van der Waals surface area contributed by atoms with Gasteiger partial charge in [-0.15, -0.1) is 11.8 Å². The molecule has 0 saturated heterocycles. The summed E-state index contributed by atoms with van der Waals surface area (Å²) in [6, 6.07) is 8.33. The van der Waals surface area contributed by atoms with Crippen molar-refractivity contribution < 1.29 is 9.90 Å². The Morgan fingerprint density at radius 3 is 2.59 bits per heavy atom. The molecule has 0 heterocycles. The van der Waals surface area contributed by atoms with Crippen LogP contribution in [-0.4, -0.2) is 41.9 Å². The van der Waals surface area contributed by atoms with Crippen molar-refractivity contribution in [1.29, 1.82) is 0 Å². The second kappa shape index (κ2) is 7.35. The lowest BCUT2D eigenvalue weighted by atomic mass is 10.2. The smallest absolute Gasteiger partial charge is 0.232 e. The fourth-order valence-electron chi connectivity index (χ4n) is 1.33. The van der Waals surface area contributed by atoms with E-state index >= 15 is 0 Å². The van der Waals surface area contributed by atoms with Crippen LogP contribution in [0, 0.1) is 6.92 Å². The van der Waals surface area contributed by atoms with Crippen molar-refractivity contribution in [1.82, 2.24) is 4.90 Å². The number of aliphatic hydroxyl groups excluding tert-OH is 1. The van der Waals surface area contributed by atoms with Crippen LogP contribution in [0.4, 0.5) is 0 Å². The van der Waals surface area contributed by atoms with Gasteiger partial charge in [-0.25, -0.2) is 0 Å². The van der Waals surface area contributed by atoms with E-state index in [0.717, 1.165) is 5.75 Å². The van der Waals surface area contributed by atoms with Gasteiger partial charge in [-0.3, -0.25) is 4.79 Å². The molecule has 0 bridgehead atoms. The average molecular weight is 253 g/mol. The second-order valence-electron chi connectivity index (χ2n) is 4.02. The van der Waals surface area contributed by atoms with E-state index in [9.17, 15) is 4.79 Å². The van der Waals surface area contributed by atoms with E-state index in [1.165, 1.54) is 11.1 Å². The maximum absolute atomic E-state index is 11.6. The molecule has 0 atom stereocenters. The van der Waals surface area contributed by atoms with Crippen molar-refractivity contribution >= 4 is 17.7 Å². The zero-order valence-corrected chi connectivity index (χ0v) is 11.2. The second-order valence-corrected chi connectivity index (χ2v) is 5.00. The molecule has 4 heteroatoms. The third-order valence-electron chi connectivity index (χ3n) is 2.48. The lowest BCUT2D eigenvalue weighted by molar-refractivity contribution is -0.127. The summed E-state index contributed by atoms with van der Waals surface area (Å²) < 4.78 is 0. The van der Waals surface area contributed by atoms with Gasteiger partial charge in [-0.2, -0.15) is 0 Å². The first-order valence-corrected chi connectivity index (χ1v) is 6.77. The Morgan fingerprint density at radius 2 is 2.00 bits per heavy atom. The number of hydrogen-bond acceptors (Lipinski definition) is 3. The molecule has 1 aromatic rings. The lowest BCUT2D eigenvalue weighted by Crippen LogP contribution is -2.30. The molecule has 0 fully saturated rings. The number of carbonyl (C=O) groups is 1. The zero-order valence-electron chi connectivity index (χ0n) is 10.3. The van der Waals surface area contributed by atoms with Gasteiger partial charge in [-0.1, -0.05) is 29.8 Å². The first-order chi connectivity index (χ1) is 8.13. The third-order valence-corrected chi connectivity index (χ3v) is 3.46. The molecule has 0 aliphatic heterocycles. The van der Waals surface area contributed by atoms with Gasteiger partial charge < -0.3 is 10.0 Å². The first-order valence-electron chi connectivity index (χ1n) is 5.61. The molecule has 3 nitrogen and oxygen atoms in total. The quantitative estimate of drug-likeness (QED) is 0.838. The molecule has 0 aliphatic carbocycles. The summed E-state index contributed by atoms with van der Waals surface area (Å²) in [6.07, 6.45) is 0. The third kappa shape index (κ3) is 5.24. The molecule has 94 valence electrons. The predicted molar refractivity (Wildman–Crippen MR) is 72.1 cm³/mol. The summed E-state index contributed by atoms with van der Waals surface area (Å²) in [5.41, 5.74) is 2.48. The van der Waals surface area contributed by atoms with Crippen LogP contribution in [-0.2, 0) is 10.5 Å². The van der Waals surface area contributed by atoms with Crippen molar-refractivity contribution in [2.75, 3.05) is 26.0 Å². The molecular formula is C13H19NO2S. The number of thioether (sulfide) groups is 1. The molecule has 1 N–H and O–H groups in total. The van der Waals surface area contributed by atoms with E-state index in [0.29, 0.717) is 12.3 Å². The normalized spacial score (nSPS) is 10.3. The Hall–Kier alpha value is -1.00. The van der Waals surface area contributed by atoms with Gasteiger partial charge in [0.25, 0.3) is 0 Å². The van der Waals surface area contributed by atoms with E-state index in [2.05, 4.69) is 31.2 Å². The number of rotatable bonds is 6. The Balaban J connectivity index is 2.28. The van der Waals surface area contributed by atoms with Crippen LogP contribution in [0.3, 0.4) is 0 Å². The minimum atomic E-state index is 0.0187. The van der Waals surface area contributed by atoms with E-state index in [1.54, 1.807) is 23.7 Å². The van der Waals surface area contributed by atoms with Crippen molar-refractivity contribution in [2.45, 2.75) is 12.7 Å². The van der Waals surface area contributed by atoms with E-state index < -0.39 is 0 Å². The summed E-state index contributed by atoms with van der Waals surface area (Å²) in [5.74, 6) is 1.37. The molecule has 0 unspecified atom stereocenters. The van der Waals surface area contributed by atoms with Crippen LogP contribution >= 0.6 is 11.8 Å². The number of likely N-dealkylation sites (N-methyl/N-ethyl adjacent to an activating group) is 1. The van der Waals surface area contributed by atoms with Gasteiger partial charge in [0.1, 0.15) is 0 Å². The van der Waals surface area contributed by atoms with Gasteiger partial charge in [-0.05, 0) is 12.5 Å². The molecule has 0 saturated carbocycles. The SMILES string of the molecule is Cc1ccc(CSCC(=O)N(C)CCO)cc1. The minimum Gasteiger partial charge on any atom is -0.395 e. The highest BCUT2D eigenvalue weighted by Gasteiger charge is 2.07. The van der Waals surface area contributed by atoms with Gasteiger partial charge >= 0.3 is 0 Å². The van der Waals surface area contributed by atoms with Crippen molar-refractivity contribution in [3.63, 3.8) is 0 Å². The van der Waals surface area contributed by atoms with Crippen LogP contribution < -0.4 is 0 Å². The molecule has 1 rings (SSSR count). The fraction of sp³-hybridized carbons (Fsp3) is 0.462. The number of aryl methyl sites for hydroxylation is 1. The van der Waals surface area contributed by atoms with E-state index in [-0.39, 0.29) is 12.5 Å². The molecule has 17 heavy (non-hydrogen) atoms. The summed E-state index contributed by atoms with van der Waals surface area (Å²) in [5, 5.41) is 8.71. The van der Waals surface area contributed by atoms with Crippen molar-refractivity contribution in [3.8, 4) is 0 Å². The Morgan fingerprint density at radius 1 is 1.35 bits per heavy atom. The van der Waals surface area contributed by atoms with Crippen molar-refractivity contribution in [3.05, 3.63) is 35.4 Å². The molecule has 0 spiro atoms. The molecule has 0 aromatic heterocycles. The minimum absolute atomic E-state index is 0.0187. The number of hydrogen-bond donors (Lipinski definition) is 1. The van der Waals surface area contributed by atoms with E-state index in [4.69, 9.17) is 5.11 Å². The van der Waals surface area contributed by atoms with Crippen LogP contribution in [0.5, 0.6) is 0 Å². The standard InChI is InChI=1S/C13H19NO2S/c1-11-3-5-12(6-4-11)9-17-10-13(16)14(2)7-8-15/h3-6,15H,7-10H2,1-2H3. The van der Waals surface area contributed by atoms with Gasteiger partial charge in [0, 0.05) is 19.3 Å². The average Bonchev–Trinajstić information content (AvgIpc) is 2.32. The fourth-order valence-corrected chi connectivity index (χ4v) is 2.25. The molecule has 0 radical (unpaired) electrons. The van der Waals surface area contributed by atoms with E-state index in [1.807, 2.05) is 0 Å². The van der Waals surface area contributed by atoms with Gasteiger partial charge in [0.2, 0.25) is 5.91 Å². The monoisotopic (exact) mass is 253 g/mol. The number of aliphatic hydroxyl groups is 1.